The SMILES string of the molecule is c1ccc2c(CNc3cnc(C4CCOCC4)nc3)snc2c1. The van der Waals surface area contributed by atoms with Crippen molar-refractivity contribution in [3.8, 4) is 0 Å². The molecular formula is C17H18N4OS. The molecule has 4 rings (SSSR count). The first-order chi connectivity index (χ1) is 11.4. The normalized spacial score (nSPS) is 15.8. The molecule has 0 amide bonds. The van der Waals surface area contributed by atoms with Gasteiger partial charge < -0.3 is 10.1 Å². The van der Waals surface area contributed by atoms with Gasteiger partial charge in [0.05, 0.1) is 35.0 Å². The van der Waals surface area contributed by atoms with Crippen LogP contribution >= 0.6 is 11.5 Å². The fraction of sp³-hybridized carbons (Fsp3) is 0.353. The molecule has 3 heterocycles. The average Bonchev–Trinajstić information content (AvgIpc) is 3.04. The van der Waals surface area contributed by atoms with Crippen LogP contribution in [0.1, 0.15) is 29.5 Å². The maximum atomic E-state index is 5.39. The Balaban J connectivity index is 1.43. The quantitative estimate of drug-likeness (QED) is 0.794. The molecule has 6 heteroatoms. The molecule has 1 aliphatic rings. The highest BCUT2D eigenvalue weighted by Crippen LogP contribution is 2.25. The van der Waals surface area contributed by atoms with Crippen molar-refractivity contribution >= 4 is 28.1 Å². The molecule has 3 aromatic rings. The lowest BCUT2D eigenvalue weighted by Gasteiger charge is -2.20. The molecular weight excluding hydrogens is 308 g/mol. The Kier molecular flexibility index (Phi) is 4.17. The van der Waals surface area contributed by atoms with Crippen LogP contribution in [0.5, 0.6) is 0 Å². The first kappa shape index (κ1) is 14.5. The van der Waals surface area contributed by atoms with Crippen molar-refractivity contribution in [2.45, 2.75) is 25.3 Å². The number of fused-ring (bicyclic) bond motifs is 1. The van der Waals surface area contributed by atoms with Gasteiger partial charge in [-0.3, -0.25) is 0 Å². The zero-order valence-electron chi connectivity index (χ0n) is 12.7. The summed E-state index contributed by atoms with van der Waals surface area (Å²) < 4.78 is 9.85. The van der Waals surface area contributed by atoms with Gasteiger partial charge in [-0.25, -0.2) is 9.97 Å². The van der Waals surface area contributed by atoms with E-state index >= 15 is 0 Å². The molecule has 23 heavy (non-hydrogen) atoms. The molecule has 0 atom stereocenters. The molecule has 118 valence electrons. The molecule has 1 saturated heterocycles. The zero-order chi connectivity index (χ0) is 15.5. The second-order valence-electron chi connectivity index (χ2n) is 5.69. The van der Waals surface area contributed by atoms with E-state index in [0.29, 0.717) is 5.92 Å². The topological polar surface area (TPSA) is 59.9 Å². The Morgan fingerprint density at radius 3 is 2.74 bits per heavy atom. The van der Waals surface area contributed by atoms with E-state index in [1.54, 1.807) is 11.5 Å². The van der Waals surface area contributed by atoms with Crippen LogP contribution in [0, 0.1) is 0 Å². The summed E-state index contributed by atoms with van der Waals surface area (Å²) in [6.45, 7) is 2.37. The van der Waals surface area contributed by atoms with Gasteiger partial charge in [-0.2, -0.15) is 4.37 Å². The number of hydrogen-bond acceptors (Lipinski definition) is 6. The van der Waals surface area contributed by atoms with Crippen LogP contribution in [0.4, 0.5) is 5.69 Å². The molecule has 0 bridgehead atoms. The zero-order valence-corrected chi connectivity index (χ0v) is 13.6. The Bertz CT molecular complexity index is 781. The molecule has 0 unspecified atom stereocenters. The number of aromatic nitrogens is 3. The largest absolute Gasteiger partial charge is 0.381 e. The Labute approximate surface area is 138 Å². The summed E-state index contributed by atoms with van der Waals surface area (Å²) in [7, 11) is 0. The minimum Gasteiger partial charge on any atom is -0.381 e. The smallest absolute Gasteiger partial charge is 0.131 e. The molecule has 0 aliphatic carbocycles. The lowest BCUT2D eigenvalue weighted by Crippen LogP contribution is -2.16. The van der Waals surface area contributed by atoms with Crippen LogP contribution in [-0.2, 0) is 11.3 Å². The first-order valence-electron chi connectivity index (χ1n) is 7.87. The maximum absolute atomic E-state index is 5.39. The lowest BCUT2D eigenvalue weighted by molar-refractivity contribution is 0.0836. The van der Waals surface area contributed by atoms with Crippen molar-refractivity contribution in [2.75, 3.05) is 18.5 Å². The molecule has 1 N–H and O–H groups in total. The summed E-state index contributed by atoms with van der Waals surface area (Å²) in [6.07, 6.45) is 5.78. The van der Waals surface area contributed by atoms with E-state index < -0.39 is 0 Å². The molecule has 0 radical (unpaired) electrons. The Hall–Kier alpha value is -2.05. The van der Waals surface area contributed by atoms with Crippen LogP contribution in [0.25, 0.3) is 10.9 Å². The van der Waals surface area contributed by atoms with E-state index in [1.807, 2.05) is 30.6 Å². The third-order valence-electron chi connectivity index (χ3n) is 4.17. The Morgan fingerprint density at radius 1 is 1.13 bits per heavy atom. The minimum absolute atomic E-state index is 0.434. The van der Waals surface area contributed by atoms with Crippen LogP contribution in [0.15, 0.2) is 36.7 Å². The second kappa shape index (κ2) is 6.60. The van der Waals surface area contributed by atoms with E-state index in [2.05, 4.69) is 25.7 Å². The molecule has 5 nitrogen and oxygen atoms in total. The first-order valence-corrected chi connectivity index (χ1v) is 8.64. The Morgan fingerprint density at radius 2 is 1.91 bits per heavy atom. The summed E-state index contributed by atoms with van der Waals surface area (Å²) in [5, 5.41) is 4.60. The van der Waals surface area contributed by atoms with Gasteiger partial charge in [0.1, 0.15) is 5.82 Å². The monoisotopic (exact) mass is 326 g/mol. The van der Waals surface area contributed by atoms with Gasteiger partial charge in [-0.05, 0) is 30.4 Å². The molecule has 0 saturated carbocycles. The second-order valence-corrected chi connectivity index (χ2v) is 6.55. The number of anilines is 1. The fourth-order valence-corrected chi connectivity index (χ4v) is 3.62. The summed E-state index contributed by atoms with van der Waals surface area (Å²) in [5.41, 5.74) is 2.00. The lowest BCUT2D eigenvalue weighted by atomic mass is 9.99. The van der Waals surface area contributed by atoms with E-state index in [1.165, 1.54) is 10.3 Å². The molecule has 1 aliphatic heterocycles. The highest BCUT2D eigenvalue weighted by atomic mass is 32.1. The summed E-state index contributed by atoms with van der Waals surface area (Å²) in [5.74, 6) is 1.37. The summed E-state index contributed by atoms with van der Waals surface area (Å²) in [4.78, 5) is 10.3. The van der Waals surface area contributed by atoms with Crippen LogP contribution in [0.2, 0.25) is 0 Å². The summed E-state index contributed by atoms with van der Waals surface area (Å²) in [6, 6.07) is 8.22. The van der Waals surface area contributed by atoms with Crippen molar-refractivity contribution in [2.24, 2.45) is 0 Å². The number of nitrogens with one attached hydrogen (secondary N) is 1. The van der Waals surface area contributed by atoms with Crippen molar-refractivity contribution in [3.05, 3.63) is 47.4 Å². The van der Waals surface area contributed by atoms with Crippen molar-refractivity contribution in [1.82, 2.24) is 14.3 Å². The van der Waals surface area contributed by atoms with Gasteiger partial charge in [0.2, 0.25) is 0 Å². The third-order valence-corrected chi connectivity index (χ3v) is 5.04. The van der Waals surface area contributed by atoms with Crippen LogP contribution in [-0.4, -0.2) is 27.6 Å². The average molecular weight is 326 g/mol. The van der Waals surface area contributed by atoms with E-state index in [4.69, 9.17) is 4.74 Å². The van der Waals surface area contributed by atoms with Gasteiger partial charge in [0.15, 0.2) is 0 Å². The van der Waals surface area contributed by atoms with Crippen LogP contribution < -0.4 is 5.32 Å². The number of rotatable bonds is 4. The van der Waals surface area contributed by atoms with Crippen LogP contribution in [0.3, 0.4) is 0 Å². The van der Waals surface area contributed by atoms with Crippen molar-refractivity contribution < 1.29 is 4.74 Å². The number of ether oxygens (including phenoxy) is 1. The van der Waals surface area contributed by atoms with Gasteiger partial charge in [0, 0.05) is 24.5 Å². The van der Waals surface area contributed by atoms with E-state index in [0.717, 1.165) is 49.6 Å². The molecule has 0 spiro atoms. The molecule has 1 fully saturated rings. The summed E-state index contributed by atoms with van der Waals surface area (Å²) >= 11 is 1.54. The van der Waals surface area contributed by atoms with Gasteiger partial charge in [-0.15, -0.1) is 0 Å². The highest BCUT2D eigenvalue weighted by molar-refractivity contribution is 7.07. The van der Waals surface area contributed by atoms with E-state index in [9.17, 15) is 0 Å². The predicted molar refractivity (Wildman–Crippen MR) is 91.8 cm³/mol. The van der Waals surface area contributed by atoms with E-state index in [-0.39, 0.29) is 0 Å². The van der Waals surface area contributed by atoms with Gasteiger partial charge in [0.25, 0.3) is 0 Å². The van der Waals surface area contributed by atoms with Crippen molar-refractivity contribution in [3.63, 3.8) is 0 Å². The van der Waals surface area contributed by atoms with Gasteiger partial charge >= 0.3 is 0 Å². The maximum Gasteiger partial charge on any atom is 0.131 e. The number of hydrogen-bond donors (Lipinski definition) is 1. The molecule has 1 aromatic carbocycles. The molecule has 2 aromatic heterocycles. The number of benzene rings is 1. The predicted octanol–water partition coefficient (Wildman–Crippen LogP) is 3.59. The number of nitrogens with zero attached hydrogens (tertiary/aromatic N) is 3. The highest BCUT2D eigenvalue weighted by Gasteiger charge is 2.18. The van der Waals surface area contributed by atoms with Gasteiger partial charge in [-0.1, -0.05) is 18.2 Å². The minimum atomic E-state index is 0.434. The third kappa shape index (κ3) is 3.18. The van der Waals surface area contributed by atoms with Crippen molar-refractivity contribution in [1.29, 1.82) is 0 Å². The fourth-order valence-electron chi connectivity index (χ4n) is 2.85. The standard InChI is InChI=1S/C17H18N4OS/c1-2-4-15-14(3-1)16(23-21-15)11-18-13-9-19-17(20-10-13)12-5-7-22-8-6-12/h1-4,9-10,12,18H,5-8,11H2.